The smallest absolute Gasteiger partial charge is 0.339 e. The zero-order chi connectivity index (χ0) is 22.0. The molecule has 0 saturated carbocycles. The summed E-state index contributed by atoms with van der Waals surface area (Å²) in [4.78, 5) is 24.4. The van der Waals surface area contributed by atoms with Gasteiger partial charge in [-0.3, -0.25) is 4.79 Å². The quantitative estimate of drug-likeness (QED) is 0.495. The number of benzene rings is 2. The maximum atomic E-state index is 12.3. The Balaban J connectivity index is 1.79. The van der Waals surface area contributed by atoms with Crippen LogP contribution in [0.2, 0.25) is 15.1 Å². The summed E-state index contributed by atoms with van der Waals surface area (Å²) in [6, 6.07) is 7.76. The van der Waals surface area contributed by atoms with Crippen LogP contribution >= 0.6 is 34.8 Å². The zero-order valence-electron chi connectivity index (χ0n) is 16.1. The van der Waals surface area contributed by atoms with E-state index in [1.807, 2.05) is 0 Å². The Kier molecular flexibility index (Phi) is 6.93. The highest BCUT2D eigenvalue weighted by Crippen LogP contribution is 2.32. The van der Waals surface area contributed by atoms with Crippen LogP contribution < -0.4 is 15.7 Å². The van der Waals surface area contributed by atoms with Crippen molar-refractivity contribution in [3.05, 3.63) is 66.9 Å². The molecule has 2 N–H and O–H groups in total. The Bertz CT molecular complexity index is 1170. The second-order valence-electron chi connectivity index (χ2n) is 6.79. The first-order chi connectivity index (χ1) is 14.2. The minimum absolute atomic E-state index is 0.175. The van der Waals surface area contributed by atoms with Crippen molar-refractivity contribution >= 4 is 57.4 Å². The van der Waals surface area contributed by atoms with Crippen LogP contribution in [-0.4, -0.2) is 23.7 Å². The lowest BCUT2D eigenvalue weighted by molar-refractivity contribution is -0.118. The van der Waals surface area contributed by atoms with Crippen molar-refractivity contribution in [2.75, 3.05) is 11.9 Å². The van der Waals surface area contributed by atoms with Gasteiger partial charge in [-0.2, -0.15) is 0 Å². The summed E-state index contributed by atoms with van der Waals surface area (Å²) < 4.78 is 10.9. The molecule has 1 aromatic heterocycles. The van der Waals surface area contributed by atoms with E-state index in [0.717, 1.165) is 0 Å². The number of ether oxygens (including phenoxy) is 1. The standard InChI is InChI=1S/C21H18Cl3NO5/c1-10(26)5-14-11(2)13-7-17(24)19(8-18(13)30-21(14)28)29-9-20(27)25-12-3-4-15(22)16(23)6-12/h3-4,6-8,10,26H,5,9H2,1-2H3,(H,25,27)/t10-/m1/s1. The number of rotatable bonds is 6. The van der Waals surface area contributed by atoms with Crippen LogP contribution in [0.3, 0.4) is 0 Å². The molecule has 3 rings (SSSR count). The maximum Gasteiger partial charge on any atom is 0.339 e. The number of halogens is 3. The van der Waals surface area contributed by atoms with Crippen molar-refractivity contribution in [3.63, 3.8) is 0 Å². The molecule has 30 heavy (non-hydrogen) atoms. The summed E-state index contributed by atoms with van der Waals surface area (Å²) in [5.74, 6) is -0.242. The number of hydrogen-bond donors (Lipinski definition) is 2. The minimum atomic E-state index is -0.684. The van der Waals surface area contributed by atoms with E-state index in [1.54, 1.807) is 32.0 Å². The van der Waals surface area contributed by atoms with Gasteiger partial charge in [-0.25, -0.2) is 4.79 Å². The Labute approximate surface area is 187 Å². The van der Waals surface area contributed by atoms with Crippen LogP contribution in [0.15, 0.2) is 39.5 Å². The minimum Gasteiger partial charge on any atom is -0.482 e. The molecule has 0 unspecified atom stereocenters. The van der Waals surface area contributed by atoms with Gasteiger partial charge in [0.05, 0.1) is 21.2 Å². The lowest BCUT2D eigenvalue weighted by Gasteiger charge is -2.12. The van der Waals surface area contributed by atoms with E-state index >= 15 is 0 Å². The number of nitrogens with one attached hydrogen (secondary N) is 1. The lowest BCUT2D eigenvalue weighted by atomic mass is 10.0. The van der Waals surface area contributed by atoms with E-state index in [2.05, 4.69) is 5.32 Å². The van der Waals surface area contributed by atoms with Gasteiger partial charge in [0.15, 0.2) is 6.61 Å². The number of hydrogen-bond acceptors (Lipinski definition) is 5. The maximum absolute atomic E-state index is 12.3. The molecule has 3 aromatic rings. The average molecular weight is 471 g/mol. The van der Waals surface area contributed by atoms with Gasteiger partial charge in [-0.1, -0.05) is 34.8 Å². The summed E-state index contributed by atoms with van der Waals surface area (Å²) >= 11 is 18.1. The third-order valence-electron chi connectivity index (χ3n) is 4.40. The summed E-state index contributed by atoms with van der Waals surface area (Å²) in [5.41, 5.74) is 1.27. The van der Waals surface area contributed by atoms with Crippen molar-refractivity contribution in [1.82, 2.24) is 0 Å². The van der Waals surface area contributed by atoms with Gasteiger partial charge >= 0.3 is 5.63 Å². The molecule has 0 saturated heterocycles. The first kappa shape index (κ1) is 22.4. The molecule has 158 valence electrons. The van der Waals surface area contributed by atoms with Crippen LogP contribution in [-0.2, 0) is 11.2 Å². The number of amides is 1. The third kappa shape index (κ3) is 5.08. The average Bonchev–Trinajstić information content (AvgIpc) is 2.67. The Hall–Kier alpha value is -2.25. The number of aryl methyl sites for hydroxylation is 1. The van der Waals surface area contributed by atoms with E-state index in [4.69, 9.17) is 44.0 Å². The largest absolute Gasteiger partial charge is 0.482 e. The van der Waals surface area contributed by atoms with E-state index in [-0.39, 0.29) is 29.4 Å². The van der Waals surface area contributed by atoms with Crippen LogP contribution in [0.4, 0.5) is 5.69 Å². The summed E-state index contributed by atoms with van der Waals surface area (Å²) in [7, 11) is 0. The highest BCUT2D eigenvalue weighted by molar-refractivity contribution is 6.42. The monoisotopic (exact) mass is 469 g/mol. The van der Waals surface area contributed by atoms with Crippen LogP contribution in [0.1, 0.15) is 18.1 Å². The van der Waals surface area contributed by atoms with Gasteiger partial charge in [0.2, 0.25) is 0 Å². The summed E-state index contributed by atoms with van der Waals surface area (Å²) in [6.07, 6.45) is -0.509. The molecular formula is C21H18Cl3NO5. The highest BCUT2D eigenvalue weighted by atomic mass is 35.5. The van der Waals surface area contributed by atoms with Crippen LogP contribution in [0, 0.1) is 6.92 Å². The van der Waals surface area contributed by atoms with Crippen molar-refractivity contribution in [1.29, 1.82) is 0 Å². The molecule has 0 aliphatic carbocycles. The van der Waals surface area contributed by atoms with E-state index in [9.17, 15) is 14.7 Å². The van der Waals surface area contributed by atoms with Crippen molar-refractivity contribution in [2.45, 2.75) is 26.4 Å². The fraction of sp³-hybridized carbons (Fsp3) is 0.238. The summed E-state index contributed by atoms with van der Waals surface area (Å²) in [5, 5.41) is 13.8. The van der Waals surface area contributed by atoms with Crippen molar-refractivity contribution in [3.8, 4) is 5.75 Å². The number of carbonyl (C=O) groups excluding carboxylic acids is 1. The Morgan fingerprint density at radius 2 is 1.90 bits per heavy atom. The van der Waals surface area contributed by atoms with Gasteiger partial charge in [-0.05, 0) is 43.7 Å². The predicted octanol–water partition coefficient (Wildman–Crippen LogP) is 5.00. The van der Waals surface area contributed by atoms with Crippen molar-refractivity contribution in [2.24, 2.45) is 0 Å². The lowest BCUT2D eigenvalue weighted by Crippen LogP contribution is -2.20. The van der Waals surface area contributed by atoms with Gasteiger partial charge < -0.3 is 19.6 Å². The molecule has 0 spiro atoms. The van der Waals surface area contributed by atoms with Crippen molar-refractivity contribution < 1.29 is 19.1 Å². The molecule has 2 aromatic carbocycles. The number of fused-ring (bicyclic) bond motifs is 1. The number of aliphatic hydroxyl groups is 1. The fourth-order valence-electron chi connectivity index (χ4n) is 2.95. The molecular weight excluding hydrogens is 453 g/mol. The van der Waals surface area contributed by atoms with E-state index in [1.165, 1.54) is 12.1 Å². The molecule has 0 aliphatic rings. The Morgan fingerprint density at radius 1 is 1.17 bits per heavy atom. The molecule has 9 heteroatoms. The van der Waals surface area contributed by atoms with Gasteiger partial charge in [0, 0.05) is 29.1 Å². The van der Waals surface area contributed by atoms with Gasteiger partial charge in [0.1, 0.15) is 11.3 Å². The second-order valence-corrected chi connectivity index (χ2v) is 8.01. The molecule has 0 radical (unpaired) electrons. The number of anilines is 1. The van der Waals surface area contributed by atoms with Gasteiger partial charge in [-0.15, -0.1) is 0 Å². The number of carbonyl (C=O) groups is 1. The topological polar surface area (TPSA) is 88.8 Å². The number of aliphatic hydroxyl groups excluding tert-OH is 1. The molecule has 0 bridgehead atoms. The zero-order valence-corrected chi connectivity index (χ0v) is 18.4. The van der Waals surface area contributed by atoms with Crippen LogP contribution in [0.25, 0.3) is 11.0 Å². The van der Waals surface area contributed by atoms with Gasteiger partial charge in [0.25, 0.3) is 5.91 Å². The van der Waals surface area contributed by atoms with E-state index in [0.29, 0.717) is 32.2 Å². The first-order valence-corrected chi connectivity index (χ1v) is 10.1. The van der Waals surface area contributed by atoms with E-state index < -0.39 is 17.6 Å². The fourth-order valence-corrected chi connectivity index (χ4v) is 3.46. The second kappa shape index (κ2) is 9.27. The SMILES string of the molecule is Cc1c(C[C@@H](C)O)c(=O)oc2cc(OCC(=O)Nc3ccc(Cl)c(Cl)c3)c(Cl)cc12. The molecule has 6 nitrogen and oxygen atoms in total. The third-order valence-corrected chi connectivity index (χ3v) is 5.44. The Morgan fingerprint density at radius 3 is 2.57 bits per heavy atom. The normalized spacial score (nSPS) is 12.1. The molecule has 0 aliphatic heterocycles. The molecule has 1 atom stereocenters. The highest BCUT2D eigenvalue weighted by Gasteiger charge is 2.16. The first-order valence-electron chi connectivity index (χ1n) is 8.97. The molecule has 1 amide bonds. The predicted molar refractivity (Wildman–Crippen MR) is 118 cm³/mol. The molecule has 0 fully saturated rings. The summed E-state index contributed by atoms with van der Waals surface area (Å²) in [6.45, 7) is 3.03. The van der Waals surface area contributed by atoms with Crippen LogP contribution in [0.5, 0.6) is 5.75 Å². The molecule has 1 heterocycles.